The van der Waals surface area contributed by atoms with Crippen LogP contribution in [0.25, 0.3) is 0 Å². The highest BCUT2D eigenvalue weighted by molar-refractivity contribution is 5.94. The summed E-state index contributed by atoms with van der Waals surface area (Å²) in [6.07, 6.45) is 4.44. The fraction of sp³-hybridized carbons (Fsp3) is 0.600. The average Bonchev–Trinajstić information content (AvgIpc) is 2.40. The molecule has 0 aliphatic carbocycles. The zero-order valence-electron chi connectivity index (χ0n) is 12.0. The standard InChI is InChI=1S/C15H23N3O/c1-11(2)7-14-10-18(12(3)8-17-14)15(19)13-5-4-6-16-9-13/h4-6,9,11-12,14,17H,7-8,10H2,1-3H3. The van der Waals surface area contributed by atoms with Crippen LogP contribution in [0.3, 0.4) is 0 Å². The Labute approximate surface area is 115 Å². The molecule has 0 aromatic carbocycles. The van der Waals surface area contributed by atoms with Gasteiger partial charge in [0.05, 0.1) is 5.56 Å². The number of rotatable bonds is 3. The van der Waals surface area contributed by atoms with Gasteiger partial charge in [0.1, 0.15) is 0 Å². The van der Waals surface area contributed by atoms with Gasteiger partial charge in [-0.2, -0.15) is 0 Å². The summed E-state index contributed by atoms with van der Waals surface area (Å²) in [6.45, 7) is 8.17. The Morgan fingerprint density at radius 2 is 2.37 bits per heavy atom. The SMILES string of the molecule is CC(C)CC1CN(C(=O)c2cccnc2)C(C)CN1. The van der Waals surface area contributed by atoms with Crippen LogP contribution in [0.4, 0.5) is 0 Å². The molecule has 104 valence electrons. The van der Waals surface area contributed by atoms with Crippen molar-refractivity contribution in [3.63, 3.8) is 0 Å². The van der Waals surface area contributed by atoms with Crippen LogP contribution in [0.1, 0.15) is 37.6 Å². The van der Waals surface area contributed by atoms with E-state index < -0.39 is 0 Å². The predicted octanol–water partition coefficient (Wildman–Crippen LogP) is 1.93. The number of nitrogens with one attached hydrogen (secondary N) is 1. The maximum absolute atomic E-state index is 12.5. The number of carbonyl (C=O) groups excluding carboxylic acids is 1. The summed E-state index contributed by atoms with van der Waals surface area (Å²) in [6, 6.07) is 4.28. The summed E-state index contributed by atoms with van der Waals surface area (Å²) in [5.41, 5.74) is 0.680. The second-order valence-corrected chi connectivity index (χ2v) is 5.78. The molecule has 0 spiro atoms. The summed E-state index contributed by atoms with van der Waals surface area (Å²) in [7, 11) is 0. The van der Waals surface area contributed by atoms with Gasteiger partial charge in [-0.15, -0.1) is 0 Å². The van der Waals surface area contributed by atoms with Crippen molar-refractivity contribution in [2.75, 3.05) is 13.1 Å². The Morgan fingerprint density at radius 1 is 1.58 bits per heavy atom. The highest BCUT2D eigenvalue weighted by Gasteiger charge is 2.29. The molecule has 1 N–H and O–H groups in total. The lowest BCUT2D eigenvalue weighted by Crippen LogP contribution is -2.57. The smallest absolute Gasteiger partial charge is 0.255 e. The van der Waals surface area contributed by atoms with E-state index in [1.807, 2.05) is 17.0 Å². The molecule has 4 heteroatoms. The zero-order valence-corrected chi connectivity index (χ0v) is 12.0. The normalized spacial score (nSPS) is 23.7. The third-order valence-corrected chi connectivity index (χ3v) is 3.58. The summed E-state index contributed by atoms with van der Waals surface area (Å²) >= 11 is 0. The fourth-order valence-electron chi connectivity index (χ4n) is 2.59. The number of piperazine rings is 1. The molecule has 0 radical (unpaired) electrons. The van der Waals surface area contributed by atoms with Crippen LogP contribution in [-0.4, -0.2) is 41.0 Å². The molecule has 2 rings (SSSR count). The summed E-state index contributed by atoms with van der Waals surface area (Å²) in [4.78, 5) is 18.5. The first kappa shape index (κ1) is 14.0. The predicted molar refractivity (Wildman–Crippen MR) is 76.0 cm³/mol. The number of aromatic nitrogens is 1. The van der Waals surface area contributed by atoms with E-state index in [1.165, 1.54) is 0 Å². The van der Waals surface area contributed by atoms with E-state index in [2.05, 4.69) is 31.1 Å². The summed E-state index contributed by atoms with van der Waals surface area (Å²) in [5, 5.41) is 3.53. The van der Waals surface area contributed by atoms with Gasteiger partial charge in [-0.05, 0) is 31.4 Å². The van der Waals surface area contributed by atoms with Crippen molar-refractivity contribution in [1.29, 1.82) is 0 Å². The van der Waals surface area contributed by atoms with Crippen LogP contribution in [0.5, 0.6) is 0 Å². The molecular formula is C15H23N3O. The van der Waals surface area contributed by atoms with Crippen molar-refractivity contribution in [3.8, 4) is 0 Å². The van der Waals surface area contributed by atoms with E-state index in [0.29, 0.717) is 17.5 Å². The number of amides is 1. The molecule has 0 bridgehead atoms. The topological polar surface area (TPSA) is 45.2 Å². The van der Waals surface area contributed by atoms with Gasteiger partial charge in [-0.3, -0.25) is 9.78 Å². The van der Waals surface area contributed by atoms with Crippen molar-refractivity contribution < 1.29 is 4.79 Å². The van der Waals surface area contributed by atoms with Crippen LogP contribution in [-0.2, 0) is 0 Å². The third kappa shape index (κ3) is 3.53. The van der Waals surface area contributed by atoms with Gasteiger partial charge in [0.2, 0.25) is 0 Å². The van der Waals surface area contributed by atoms with Crippen LogP contribution in [0.2, 0.25) is 0 Å². The Bertz CT molecular complexity index is 419. The Hall–Kier alpha value is -1.42. The Kier molecular flexibility index (Phi) is 4.53. The zero-order chi connectivity index (χ0) is 13.8. The maximum atomic E-state index is 12.5. The van der Waals surface area contributed by atoms with Crippen molar-refractivity contribution in [3.05, 3.63) is 30.1 Å². The van der Waals surface area contributed by atoms with E-state index in [4.69, 9.17) is 0 Å². The second kappa shape index (κ2) is 6.15. The number of carbonyl (C=O) groups is 1. The van der Waals surface area contributed by atoms with Crippen molar-refractivity contribution in [2.24, 2.45) is 5.92 Å². The van der Waals surface area contributed by atoms with Gasteiger partial charge in [0, 0.05) is 37.6 Å². The van der Waals surface area contributed by atoms with Gasteiger partial charge in [-0.25, -0.2) is 0 Å². The number of nitrogens with zero attached hydrogens (tertiary/aromatic N) is 2. The molecule has 4 nitrogen and oxygen atoms in total. The molecule has 2 heterocycles. The molecule has 1 saturated heterocycles. The van der Waals surface area contributed by atoms with E-state index in [-0.39, 0.29) is 11.9 Å². The van der Waals surface area contributed by atoms with Crippen LogP contribution in [0, 0.1) is 5.92 Å². The Morgan fingerprint density at radius 3 is 3.00 bits per heavy atom. The molecule has 1 amide bonds. The number of pyridine rings is 1. The molecule has 1 aliphatic rings. The third-order valence-electron chi connectivity index (χ3n) is 3.58. The summed E-state index contributed by atoms with van der Waals surface area (Å²) < 4.78 is 0. The molecule has 1 aliphatic heterocycles. The van der Waals surface area contributed by atoms with Crippen LogP contribution >= 0.6 is 0 Å². The molecule has 19 heavy (non-hydrogen) atoms. The van der Waals surface area contributed by atoms with E-state index in [1.54, 1.807) is 12.4 Å². The number of hydrogen-bond donors (Lipinski definition) is 1. The monoisotopic (exact) mass is 261 g/mol. The van der Waals surface area contributed by atoms with Gasteiger partial charge < -0.3 is 10.2 Å². The van der Waals surface area contributed by atoms with E-state index in [9.17, 15) is 4.79 Å². The van der Waals surface area contributed by atoms with Crippen molar-refractivity contribution in [1.82, 2.24) is 15.2 Å². The highest BCUT2D eigenvalue weighted by Crippen LogP contribution is 2.15. The lowest BCUT2D eigenvalue weighted by Gasteiger charge is -2.39. The van der Waals surface area contributed by atoms with Crippen molar-refractivity contribution >= 4 is 5.91 Å². The molecule has 2 atom stereocenters. The molecule has 1 aromatic rings. The largest absolute Gasteiger partial charge is 0.333 e. The first-order chi connectivity index (χ1) is 9.08. The minimum atomic E-state index is 0.0934. The van der Waals surface area contributed by atoms with Gasteiger partial charge in [0.15, 0.2) is 0 Å². The highest BCUT2D eigenvalue weighted by atomic mass is 16.2. The maximum Gasteiger partial charge on any atom is 0.255 e. The molecule has 0 saturated carbocycles. The minimum absolute atomic E-state index is 0.0934. The quantitative estimate of drug-likeness (QED) is 0.904. The average molecular weight is 261 g/mol. The van der Waals surface area contributed by atoms with E-state index >= 15 is 0 Å². The molecule has 2 unspecified atom stereocenters. The van der Waals surface area contributed by atoms with Gasteiger partial charge in [-0.1, -0.05) is 13.8 Å². The van der Waals surface area contributed by atoms with Crippen LogP contribution < -0.4 is 5.32 Å². The lowest BCUT2D eigenvalue weighted by atomic mass is 9.99. The van der Waals surface area contributed by atoms with Crippen molar-refractivity contribution in [2.45, 2.75) is 39.3 Å². The molecule has 1 fully saturated rings. The second-order valence-electron chi connectivity index (χ2n) is 5.78. The first-order valence-corrected chi connectivity index (χ1v) is 7.02. The Balaban J connectivity index is 2.07. The van der Waals surface area contributed by atoms with Gasteiger partial charge in [0.25, 0.3) is 5.91 Å². The van der Waals surface area contributed by atoms with E-state index in [0.717, 1.165) is 19.5 Å². The first-order valence-electron chi connectivity index (χ1n) is 7.02. The summed E-state index contributed by atoms with van der Waals surface area (Å²) in [5.74, 6) is 0.733. The molecular weight excluding hydrogens is 238 g/mol. The fourth-order valence-corrected chi connectivity index (χ4v) is 2.59. The molecule has 1 aromatic heterocycles. The minimum Gasteiger partial charge on any atom is -0.333 e. The van der Waals surface area contributed by atoms with Crippen LogP contribution in [0.15, 0.2) is 24.5 Å². The number of hydrogen-bond acceptors (Lipinski definition) is 3. The van der Waals surface area contributed by atoms with Gasteiger partial charge >= 0.3 is 0 Å². The lowest BCUT2D eigenvalue weighted by molar-refractivity contribution is 0.0594.